The number of hydrogen-bond donors (Lipinski definition) is 0. The van der Waals surface area contributed by atoms with Gasteiger partial charge in [-0.25, -0.2) is 12.2 Å². The number of rotatable bonds is 2. The van der Waals surface area contributed by atoms with Gasteiger partial charge >= 0.3 is 37.9 Å². The molecule has 1 aliphatic carbocycles. The van der Waals surface area contributed by atoms with Crippen LogP contribution in [0.15, 0.2) is 54.6 Å². The quantitative estimate of drug-likeness (QED) is 0.541. The summed E-state index contributed by atoms with van der Waals surface area (Å²) in [7, 11) is 9.87. The van der Waals surface area contributed by atoms with Gasteiger partial charge in [0.2, 0.25) is 0 Å². The van der Waals surface area contributed by atoms with Crippen molar-refractivity contribution < 1.29 is 20.8 Å². The van der Waals surface area contributed by atoms with Gasteiger partial charge in [0.05, 0.1) is 0 Å². The van der Waals surface area contributed by atoms with Crippen molar-refractivity contribution in [2.75, 3.05) is 0 Å². The monoisotopic (exact) mass is 382 g/mol. The van der Waals surface area contributed by atoms with Crippen molar-refractivity contribution in [1.29, 1.82) is 0 Å². The first kappa shape index (κ1) is 17.8. The van der Waals surface area contributed by atoms with E-state index in [1.54, 1.807) is 0 Å². The van der Waals surface area contributed by atoms with Crippen LogP contribution in [-0.4, -0.2) is 0 Å². The van der Waals surface area contributed by atoms with Crippen LogP contribution in [0.2, 0.25) is 0 Å². The summed E-state index contributed by atoms with van der Waals surface area (Å²) in [6.07, 6.45) is 12.4. The van der Waals surface area contributed by atoms with E-state index in [9.17, 15) is 0 Å². The molecule has 0 nitrogen and oxygen atoms in total. The molecule has 104 valence electrons. The van der Waals surface area contributed by atoms with Crippen LogP contribution in [0.5, 0.6) is 0 Å². The molecule has 0 aromatic heterocycles. The Hall–Kier alpha value is -0.227. The molecule has 0 aliphatic heterocycles. The van der Waals surface area contributed by atoms with Gasteiger partial charge in [-0.2, -0.15) is 12.1 Å². The average molecular weight is 384 g/mol. The van der Waals surface area contributed by atoms with Crippen molar-refractivity contribution in [2.24, 2.45) is 0 Å². The fourth-order valence-electron chi connectivity index (χ4n) is 1.99. The molecule has 3 heteroatoms. The van der Waals surface area contributed by atoms with Crippen LogP contribution >= 0.6 is 17.0 Å². The normalized spacial score (nSPS) is 11.3. The number of halogens is 2. The standard InChI is InChI=1S/C12H13.C5H5.2ClH.Zr/c1-2-5-10-8-11-6-3-4-7-12(11)9-10;1-2-4-5-3-1;;;/h3-4,6-9H,2,5H2,1H3;1-3H,4H2;2*1H;/q2*-1;;;+4/p-2. The van der Waals surface area contributed by atoms with E-state index in [0.29, 0.717) is 0 Å². The minimum absolute atomic E-state index is 0.826. The molecule has 0 N–H and O–H groups in total. The Morgan fingerprint density at radius 2 is 2.05 bits per heavy atom. The molecule has 0 fully saturated rings. The maximum atomic E-state index is 4.93. The minimum atomic E-state index is -0.826. The Morgan fingerprint density at radius 3 is 2.55 bits per heavy atom. The van der Waals surface area contributed by atoms with E-state index in [1.165, 1.54) is 29.2 Å². The van der Waals surface area contributed by atoms with Gasteiger partial charge in [-0.3, -0.25) is 6.08 Å². The second-order valence-corrected chi connectivity index (χ2v) is 8.05. The summed E-state index contributed by atoms with van der Waals surface area (Å²) in [4.78, 5) is 0. The van der Waals surface area contributed by atoms with E-state index in [2.05, 4.69) is 55.5 Å². The molecule has 0 spiro atoms. The second kappa shape index (κ2) is 11.4. The topological polar surface area (TPSA) is 0 Å². The fourth-order valence-corrected chi connectivity index (χ4v) is 1.99. The molecule has 20 heavy (non-hydrogen) atoms. The predicted octanol–water partition coefficient (Wildman–Crippen LogP) is 6.19. The molecule has 0 unspecified atom stereocenters. The Morgan fingerprint density at radius 1 is 1.30 bits per heavy atom. The fraction of sp³-hybridized carbons (Fsp3) is 0.235. The number of aryl methyl sites for hydroxylation is 1. The number of allylic oxidation sites excluding steroid dienone is 4. The van der Waals surface area contributed by atoms with E-state index < -0.39 is 20.8 Å². The third kappa shape index (κ3) is 6.98. The summed E-state index contributed by atoms with van der Waals surface area (Å²) < 4.78 is 0. The van der Waals surface area contributed by atoms with Gasteiger partial charge in [0, 0.05) is 0 Å². The van der Waals surface area contributed by atoms with Crippen LogP contribution in [0.1, 0.15) is 25.3 Å². The SMILES string of the molecule is CCCc1cc2ccccc2[cH-]1.[C-]1=CC=CC1.[Cl][Zr+2][Cl]. The molecule has 3 rings (SSSR count). The third-order valence-corrected chi connectivity index (χ3v) is 2.80. The van der Waals surface area contributed by atoms with Crippen LogP contribution in [0, 0.1) is 6.08 Å². The van der Waals surface area contributed by atoms with Crippen molar-refractivity contribution in [3.8, 4) is 0 Å². The Kier molecular flexibility index (Phi) is 10.2. The summed E-state index contributed by atoms with van der Waals surface area (Å²) in [6, 6.07) is 13.1. The van der Waals surface area contributed by atoms with Crippen molar-refractivity contribution in [3.63, 3.8) is 0 Å². The molecular weight excluding hydrogens is 366 g/mol. The molecule has 0 atom stereocenters. The molecular formula is C17H18Cl2Zr. The Bertz CT molecular complexity index is 498. The van der Waals surface area contributed by atoms with Gasteiger partial charge in [0.1, 0.15) is 0 Å². The van der Waals surface area contributed by atoms with Gasteiger partial charge in [0.15, 0.2) is 0 Å². The number of fused-ring (bicyclic) bond motifs is 1. The number of hydrogen-bond acceptors (Lipinski definition) is 0. The van der Waals surface area contributed by atoms with E-state index >= 15 is 0 Å². The van der Waals surface area contributed by atoms with Crippen LogP contribution in [0.3, 0.4) is 0 Å². The van der Waals surface area contributed by atoms with Crippen molar-refractivity contribution in [2.45, 2.75) is 26.2 Å². The van der Waals surface area contributed by atoms with Crippen molar-refractivity contribution in [3.05, 3.63) is 66.3 Å². The summed E-state index contributed by atoms with van der Waals surface area (Å²) in [5.41, 5.74) is 1.47. The summed E-state index contributed by atoms with van der Waals surface area (Å²) in [6.45, 7) is 2.22. The van der Waals surface area contributed by atoms with Crippen molar-refractivity contribution >= 4 is 27.8 Å². The van der Waals surface area contributed by atoms with Gasteiger partial charge in [0.25, 0.3) is 0 Å². The van der Waals surface area contributed by atoms with E-state index in [1.807, 2.05) is 12.2 Å². The Balaban J connectivity index is 0.000000208. The molecule has 2 aromatic rings. The molecule has 0 radical (unpaired) electrons. The molecule has 0 bridgehead atoms. The van der Waals surface area contributed by atoms with Crippen LogP contribution in [0.25, 0.3) is 10.8 Å². The predicted molar refractivity (Wildman–Crippen MR) is 86.8 cm³/mol. The summed E-state index contributed by atoms with van der Waals surface area (Å²) in [5.74, 6) is 0. The van der Waals surface area contributed by atoms with Gasteiger partial charge < -0.3 is 0 Å². The molecule has 0 saturated heterocycles. The second-order valence-electron chi connectivity index (χ2n) is 4.32. The molecule has 2 aromatic carbocycles. The first-order valence-electron chi connectivity index (χ1n) is 6.64. The molecule has 1 aliphatic rings. The maximum absolute atomic E-state index is 4.93. The van der Waals surface area contributed by atoms with Gasteiger partial charge in [-0.1, -0.05) is 19.4 Å². The zero-order valence-corrected chi connectivity index (χ0v) is 15.5. The van der Waals surface area contributed by atoms with Gasteiger partial charge in [-0.15, -0.1) is 47.0 Å². The molecule has 0 saturated carbocycles. The number of benzene rings is 1. The molecule has 0 amide bonds. The Labute approximate surface area is 140 Å². The average Bonchev–Trinajstić information content (AvgIpc) is 3.12. The first-order chi connectivity index (χ1) is 9.81. The summed E-state index contributed by atoms with van der Waals surface area (Å²) in [5, 5.41) is 2.75. The van der Waals surface area contributed by atoms with Crippen LogP contribution < -0.4 is 0 Å². The van der Waals surface area contributed by atoms with E-state index in [-0.39, 0.29) is 0 Å². The zero-order valence-electron chi connectivity index (χ0n) is 11.6. The van der Waals surface area contributed by atoms with Crippen LogP contribution in [0.4, 0.5) is 0 Å². The van der Waals surface area contributed by atoms with Crippen LogP contribution in [-0.2, 0) is 27.3 Å². The first-order valence-corrected chi connectivity index (χ1v) is 13.0. The van der Waals surface area contributed by atoms with Gasteiger partial charge in [-0.05, 0) is 6.42 Å². The summed E-state index contributed by atoms with van der Waals surface area (Å²) >= 11 is -0.826. The molecule has 0 heterocycles. The van der Waals surface area contributed by atoms with E-state index in [0.717, 1.165) is 6.42 Å². The van der Waals surface area contributed by atoms with Crippen molar-refractivity contribution in [1.82, 2.24) is 0 Å². The third-order valence-electron chi connectivity index (χ3n) is 2.80. The zero-order chi connectivity index (χ0) is 14.6. The van der Waals surface area contributed by atoms with E-state index in [4.69, 9.17) is 17.0 Å².